The van der Waals surface area contributed by atoms with Crippen LogP contribution in [0.4, 0.5) is 10.2 Å². The standard InChI is InChI=1S/C24H27FN6O2/c1-16-11-18(5-6-19(16)25)20-12-21(17-3-4-17)31(28-20)14-24(32)30-9-7-29(8-10-30)22-13-23(33-2)27-15-26-22/h5-6,11-13,15,17H,3-4,7-10,14H2,1-2H3. The topological polar surface area (TPSA) is 76.4 Å². The maximum atomic E-state index is 13.7. The van der Waals surface area contributed by atoms with E-state index in [1.165, 1.54) is 12.4 Å². The van der Waals surface area contributed by atoms with E-state index in [0.29, 0.717) is 43.5 Å². The summed E-state index contributed by atoms with van der Waals surface area (Å²) in [4.78, 5) is 25.5. The van der Waals surface area contributed by atoms with Gasteiger partial charge in [0.2, 0.25) is 11.8 Å². The first-order chi connectivity index (χ1) is 16.0. The average molecular weight is 451 g/mol. The fourth-order valence-electron chi connectivity index (χ4n) is 4.24. The van der Waals surface area contributed by atoms with Crippen LogP contribution in [0.2, 0.25) is 0 Å². The Labute approximate surface area is 192 Å². The van der Waals surface area contributed by atoms with E-state index in [4.69, 9.17) is 9.84 Å². The van der Waals surface area contributed by atoms with Crippen molar-refractivity contribution in [2.45, 2.75) is 32.2 Å². The van der Waals surface area contributed by atoms with Crippen molar-refractivity contribution in [3.63, 3.8) is 0 Å². The Morgan fingerprint density at radius 2 is 1.91 bits per heavy atom. The van der Waals surface area contributed by atoms with Gasteiger partial charge in [0.05, 0.1) is 12.8 Å². The number of hydrogen-bond donors (Lipinski definition) is 0. The molecule has 0 unspecified atom stereocenters. The van der Waals surface area contributed by atoms with Gasteiger partial charge in [0.25, 0.3) is 0 Å². The highest BCUT2D eigenvalue weighted by molar-refractivity contribution is 5.76. The number of methoxy groups -OCH3 is 1. The lowest BCUT2D eigenvalue weighted by atomic mass is 10.1. The molecule has 1 amide bonds. The molecule has 1 aromatic carbocycles. The van der Waals surface area contributed by atoms with Gasteiger partial charge >= 0.3 is 0 Å². The molecular formula is C24H27FN6O2. The maximum Gasteiger partial charge on any atom is 0.244 e. The number of aromatic nitrogens is 4. The Morgan fingerprint density at radius 3 is 2.61 bits per heavy atom. The number of hydrogen-bond acceptors (Lipinski definition) is 6. The highest BCUT2D eigenvalue weighted by atomic mass is 19.1. The fourth-order valence-corrected chi connectivity index (χ4v) is 4.24. The minimum atomic E-state index is -0.227. The largest absolute Gasteiger partial charge is 0.481 e. The third-order valence-corrected chi connectivity index (χ3v) is 6.34. The summed E-state index contributed by atoms with van der Waals surface area (Å²) in [6.07, 6.45) is 3.72. The Balaban J connectivity index is 1.27. The highest BCUT2D eigenvalue weighted by Crippen LogP contribution is 2.41. The maximum absolute atomic E-state index is 13.7. The van der Waals surface area contributed by atoms with Gasteiger partial charge in [-0.3, -0.25) is 9.48 Å². The normalized spacial score (nSPS) is 16.2. The highest BCUT2D eigenvalue weighted by Gasteiger charge is 2.30. The molecule has 0 spiro atoms. The zero-order valence-electron chi connectivity index (χ0n) is 18.9. The molecule has 0 atom stereocenters. The van der Waals surface area contributed by atoms with Crippen LogP contribution in [-0.2, 0) is 11.3 Å². The molecule has 0 radical (unpaired) electrons. The van der Waals surface area contributed by atoms with Gasteiger partial charge in [-0.15, -0.1) is 0 Å². The zero-order chi connectivity index (χ0) is 22.9. The number of amides is 1. The number of rotatable bonds is 6. The van der Waals surface area contributed by atoms with Crippen LogP contribution in [-0.4, -0.2) is 63.8 Å². The van der Waals surface area contributed by atoms with Crippen molar-refractivity contribution in [1.29, 1.82) is 0 Å². The molecule has 3 heterocycles. The Kier molecular flexibility index (Phi) is 5.70. The number of aryl methyl sites for hydroxylation is 1. The van der Waals surface area contributed by atoms with E-state index in [9.17, 15) is 9.18 Å². The minimum Gasteiger partial charge on any atom is -0.481 e. The van der Waals surface area contributed by atoms with Crippen molar-refractivity contribution in [3.05, 3.63) is 53.7 Å². The second kappa shape index (κ2) is 8.80. The number of carbonyl (C=O) groups excluding carboxylic acids is 1. The lowest BCUT2D eigenvalue weighted by Gasteiger charge is -2.35. The van der Waals surface area contributed by atoms with E-state index in [0.717, 1.165) is 35.6 Å². The van der Waals surface area contributed by atoms with Gasteiger partial charge in [-0.2, -0.15) is 5.10 Å². The van der Waals surface area contributed by atoms with E-state index in [1.54, 1.807) is 20.1 Å². The SMILES string of the molecule is COc1cc(N2CCN(C(=O)Cn3nc(-c4ccc(F)c(C)c4)cc3C3CC3)CC2)ncn1. The lowest BCUT2D eigenvalue weighted by molar-refractivity contribution is -0.132. The first-order valence-electron chi connectivity index (χ1n) is 11.2. The molecule has 3 aromatic rings. The number of piperazine rings is 1. The van der Waals surface area contributed by atoms with Crippen molar-refractivity contribution in [2.75, 3.05) is 38.2 Å². The average Bonchev–Trinajstić information content (AvgIpc) is 3.61. The molecule has 1 aliphatic heterocycles. The molecule has 1 saturated heterocycles. The summed E-state index contributed by atoms with van der Waals surface area (Å²) in [5, 5.41) is 4.73. The van der Waals surface area contributed by atoms with Crippen LogP contribution >= 0.6 is 0 Å². The Bertz CT molecular complexity index is 1170. The minimum absolute atomic E-state index is 0.0572. The van der Waals surface area contributed by atoms with Crippen molar-refractivity contribution < 1.29 is 13.9 Å². The monoisotopic (exact) mass is 450 g/mol. The second-order valence-corrected chi connectivity index (χ2v) is 8.64. The molecule has 2 aromatic heterocycles. The van der Waals surface area contributed by atoms with Gasteiger partial charge in [0.15, 0.2) is 0 Å². The van der Waals surface area contributed by atoms with Crippen LogP contribution in [0.25, 0.3) is 11.3 Å². The van der Waals surface area contributed by atoms with Gasteiger partial charge < -0.3 is 14.5 Å². The summed E-state index contributed by atoms with van der Waals surface area (Å²) in [6, 6.07) is 8.88. The molecule has 172 valence electrons. The van der Waals surface area contributed by atoms with E-state index < -0.39 is 0 Å². The van der Waals surface area contributed by atoms with Crippen molar-refractivity contribution in [3.8, 4) is 17.1 Å². The van der Waals surface area contributed by atoms with E-state index >= 15 is 0 Å². The molecule has 1 aliphatic carbocycles. The Morgan fingerprint density at radius 1 is 1.12 bits per heavy atom. The Hall–Kier alpha value is -3.49. The van der Waals surface area contributed by atoms with Crippen molar-refractivity contribution in [1.82, 2.24) is 24.6 Å². The van der Waals surface area contributed by atoms with Crippen LogP contribution in [0.15, 0.2) is 36.7 Å². The van der Waals surface area contributed by atoms with Gasteiger partial charge in [-0.05, 0) is 49.6 Å². The van der Waals surface area contributed by atoms with Gasteiger partial charge in [0.1, 0.15) is 24.5 Å². The van der Waals surface area contributed by atoms with E-state index in [1.807, 2.05) is 21.7 Å². The molecule has 33 heavy (non-hydrogen) atoms. The predicted octanol–water partition coefficient (Wildman–Crippen LogP) is 3.02. The quantitative estimate of drug-likeness (QED) is 0.575. The first kappa shape index (κ1) is 21.4. The van der Waals surface area contributed by atoms with Gasteiger partial charge in [0, 0.05) is 49.4 Å². The summed E-state index contributed by atoms with van der Waals surface area (Å²) < 4.78 is 20.7. The van der Waals surface area contributed by atoms with Crippen LogP contribution in [0, 0.1) is 12.7 Å². The predicted molar refractivity (Wildman–Crippen MR) is 122 cm³/mol. The van der Waals surface area contributed by atoms with Crippen LogP contribution in [0.3, 0.4) is 0 Å². The molecule has 2 fully saturated rings. The summed E-state index contributed by atoms with van der Waals surface area (Å²) >= 11 is 0. The van der Waals surface area contributed by atoms with Crippen LogP contribution in [0.5, 0.6) is 5.88 Å². The van der Waals surface area contributed by atoms with Crippen LogP contribution < -0.4 is 9.64 Å². The van der Waals surface area contributed by atoms with E-state index in [-0.39, 0.29) is 18.3 Å². The molecule has 2 aliphatic rings. The molecule has 8 nitrogen and oxygen atoms in total. The first-order valence-corrected chi connectivity index (χ1v) is 11.2. The molecule has 0 N–H and O–H groups in total. The molecule has 1 saturated carbocycles. The molecular weight excluding hydrogens is 423 g/mol. The number of carbonyl (C=O) groups is 1. The van der Waals surface area contributed by atoms with E-state index in [2.05, 4.69) is 20.9 Å². The summed E-state index contributed by atoms with van der Waals surface area (Å²) in [7, 11) is 1.58. The number of halogens is 1. The number of nitrogens with zero attached hydrogens (tertiary/aromatic N) is 6. The number of ether oxygens (including phenoxy) is 1. The van der Waals surface area contributed by atoms with Crippen molar-refractivity contribution in [2.24, 2.45) is 0 Å². The summed E-state index contributed by atoms with van der Waals surface area (Å²) in [5.74, 6) is 1.61. The molecule has 5 rings (SSSR count). The van der Waals surface area contributed by atoms with Crippen molar-refractivity contribution >= 4 is 11.7 Å². The van der Waals surface area contributed by atoms with Gasteiger partial charge in [-0.25, -0.2) is 14.4 Å². The third-order valence-electron chi connectivity index (χ3n) is 6.34. The lowest BCUT2D eigenvalue weighted by Crippen LogP contribution is -2.50. The van der Waals surface area contributed by atoms with Gasteiger partial charge in [-0.1, -0.05) is 0 Å². The zero-order valence-corrected chi connectivity index (χ0v) is 18.9. The van der Waals surface area contributed by atoms with Crippen LogP contribution in [0.1, 0.15) is 30.0 Å². The molecule has 9 heteroatoms. The summed E-state index contributed by atoms with van der Waals surface area (Å²) in [6.45, 7) is 4.59. The number of anilines is 1. The smallest absolute Gasteiger partial charge is 0.244 e. The fraction of sp³-hybridized carbons (Fsp3) is 0.417. The second-order valence-electron chi connectivity index (χ2n) is 8.64. The number of benzene rings is 1. The molecule has 0 bridgehead atoms. The summed E-state index contributed by atoms with van der Waals surface area (Å²) in [5.41, 5.74) is 3.34. The third kappa shape index (κ3) is 4.53.